The number of hydrogen-bond acceptors (Lipinski definition) is 4. The minimum absolute atomic E-state index is 0.183. The van der Waals surface area contributed by atoms with E-state index in [0.29, 0.717) is 42.3 Å². The molecule has 23 heavy (non-hydrogen) atoms. The molecule has 0 bridgehead atoms. The number of β-amino-alcohol motifs (C(OH)–C–C–N with tert-alkyl or cyclic N) is 1. The van der Waals surface area contributed by atoms with E-state index in [1.807, 2.05) is 25.1 Å². The van der Waals surface area contributed by atoms with Crippen molar-refractivity contribution in [3.05, 3.63) is 52.7 Å². The summed E-state index contributed by atoms with van der Waals surface area (Å²) in [5.74, 6) is 0.401. The first-order valence-electron chi connectivity index (χ1n) is 7.69. The number of amides is 1. The molecule has 6 heteroatoms. The number of likely N-dealkylation sites (tertiary alicyclic amines) is 1. The summed E-state index contributed by atoms with van der Waals surface area (Å²) in [6.07, 6.45) is 2.91. The van der Waals surface area contributed by atoms with E-state index in [-0.39, 0.29) is 12.5 Å². The fourth-order valence-corrected chi connectivity index (χ4v) is 3.26. The number of hydrogen-bond donors (Lipinski definition) is 1. The van der Waals surface area contributed by atoms with Crippen molar-refractivity contribution in [1.82, 2.24) is 9.88 Å². The van der Waals surface area contributed by atoms with E-state index in [2.05, 4.69) is 4.98 Å². The number of nitrogens with zero attached hydrogens (tertiary/aromatic N) is 2. The maximum atomic E-state index is 12.6. The topological polar surface area (TPSA) is 66.6 Å². The Labute approximate surface area is 139 Å². The molecule has 0 spiro atoms. The molecule has 0 saturated carbocycles. The third kappa shape index (κ3) is 3.41. The Hall–Kier alpha value is -1.85. The van der Waals surface area contributed by atoms with Gasteiger partial charge in [-0.2, -0.15) is 0 Å². The van der Waals surface area contributed by atoms with Crippen LogP contribution in [0, 0.1) is 0 Å². The van der Waals surface area contributed by atoms with Gasteiger partial charge >= 0.3 is 0 Å². The van der Waals surface area contributed by atoms with Gasteiger partial charge in [-0.05, 0) is 24.1 Å². The monoisotopic (exact) mass is 334 g/mol. The molecule has 1 aromatic carbocycles. The average Bonchev–Trinajstić information content (AvgIpc) is 3.13. The molecule has 1 N–H and O–H groups in total. The molecule has 122 valence electrons. The van der Waals surface area contributed by atoms with Gasteiger partial charge in [0.2, 0.25) is 0 Å². The molecule has 1 amide bonds. The lowest BCUT2D eigenvalue weighted by Crippen LogP contribution is -2.38. The van der Waals surface area contributed by atoms with Crippen molar-refractivity contribution in [2.75, 3.05) is 13.1 Å². The van der Waals surface area contributed by atoms with E-state index in [1.165, 1.54) is 6.39 Å². The highest BCUT2D eigenvalue weighted by Crippen LogP contribution is 2.28. The Kier molecular flexibility index (Phi) is 4.41. The van der Waals surface area contributed by atoms with Gasteiger partial charge in [-0.1, -0.05) is 30.7 Å². The highest BCUT2D eigenvalue weighted by atomic mass is 35.5. The summed E-state index contributed by atoms with van der Waals surface area (Å²) < 4.78 is 5.22. The lowest BCUT2D eigenvalue weighted by molar-refractivity contribution is 0.0442. The van der Waals surface area contributed by atoms with Gasteiger partial charge in [0.15, 0.2) is 12.1 Å². The number of carbonyl (C=O) groups is 1. The van der Waals surface area contributed by atoms with Crippen LogP contribution in [-0.2, 0) is 12.8 Å². The number of aliphatic hydroxyl groups is 1. The van der Waals surface area contributed by atoms with Crippen molar-refractivity contribution in [3.8, 4) is 0 Å². The number of benzene rings is 1. The molecule has 1 fully saturated rings. The van der Waals surface area contributed by atoms with Gasteiger partial charge in [0, 0.05) is 24.4 Å². The number of oxazole rings is 1. The van der Waals surface area contributed by atoms with E-state index in [1.54, 1.807) is 11.0 Å². The summed E-state index contributed by atoms with van der Waals surface area (Å²) in [4.78, 5) is 18.2. The molecule has 0 radical (unpaired) electrons. The zero-order chi connectivity index (χ0) is 16.4. The van der Waals surface area contributed by atoms with Gasteiger partial charge in [-0.3, -0.25) is 4.79 Å². The van der Waals surface area contributed by atoms with Gasteiger partial charge in [0.1, 0.15) is 5.76 Å². The van der Waals surface area contributed by atoms with Crippen molar-refractivity contribution in [2.45, 2.75) is 31.8 Å². The minimum Gasteiger partial charge on any atom is -0.448 e. The van der Waals surface area contributed by atoms with Crippen LogP contribution in [0.2, 0.25) is 5.02 Å². The Morgan fingerprint density at radius 2 is 2.35 bits per heavy atom. The molecule has 1 aliphatic rings. The van der Waals surface area contributed by atoms with Crippen LogP contribution in [0.25, 0.3) is 0 Å². The summed E-state index contributed by atoms with van der Waals surface area (Å²) in [6, 6.07) is 7.44. The summed E-state index contributed by atoms with van der Waals surface area (Å²) in [7, 11) is 0. The molecule has 3 rings (SSSR count). The summed E-state index contributed by atoms with van der Waals surface area (Å²) in [6.45, 7) is 2.71. The highest BCUT2D eigenvalue weighted by Gasteiger charge is 2.39. The molecule has 0 aliphatic carbocycles. The predicted molar refractivity (Wildman–Crippen MR) is 86.5 cm³/mol. The van der Waals surface area contributed by atoms with E-state index >= 15 is 0 Å². The van der Waals surface area contributed by atoms with Crippen LogP contribution in [0.15, 0.2) is 35.1 Å². The van der Waals surface area contributed by atoms with Gasteiger partial charge in [-0.25, -0.2) is 4.98 Å². The second kappa shape index (κ2) is 6.34. The van der Waals surface area contributed by atoms with Crippen molar-refractivity contribution < 1.29 is 14.3 Å². The molecular formula is C17H19ClN2O3. The van der Waals surface area contributed by atoms with Crippen LogP contribution in [0.4, 0.5) is 0 Å². The molecule has 2 aromatic rings. The van der Waals surface area contributed by atoms with Crippen LogP contribution >= 0.6 is 11.6 Å². The lowest BCUT2D eigenvalue weighted by Gasteiger charge is -2.23. The van der Waals surface area contributed by atoms with Gasteiger partial charge in [0.05, 0.1) is 12.1 Å². The highest BCUT2D eigenvalue weighted by molar-refractivity contribution is 6.30. The third-order valence-electron chi connectivity index (χ3n) is 4.21. The second-order valence-electron chi connectivity index (χ2n) is 5.99. The molecule has 1 atom stereocenters. The summed E-state index contributed by atoms with van der Waals surface area (Å²) in [5.41, 5.74) is 0.376. The van der Waals surface area contributed by atoms with Gasteiger partial charge in [0.25, 0.3) is 5.91 Å². The first kappa shape index (κ1) is 16.0. The maximum Gasteiger partial charge on any atom is 0.276 e. The second-order valence-corrected chi connectivity index (χ2v) is 6.42. The van der Waals surface area contributed by atoms with Crippen LogP contribution < -0.4 is 0 Å². The normalized spacial score (nSPS) is 20.9. The number of aryl methyl sites for hydroxylation is 1. The van der Waals surface area contributed by atoms with Crippen molar-refractivity contribution >= 4 is 17.5 Å². The Morgan fingerprint density at radius 3 is 3.09 bits per heavy atom. The quantitative estimate of drug-likeness (QED) is 0.933. The van der Waals surface area contributed by atoms with E-state index < -0.39 is 5.60 Å². The van der Waals surface area contributed by atoms with Crippen LogP contribution in [0.1, 0.15) is 35.2 Å². The Balaban J connectivity index is 1.71. The minimum atomic E-state index is -0.934. The first-order valence-corrected chi connectivity index (χ1v) is 8.07. The molecular weight excluding hydrogens is 316 g/mol. The Morgan fingerprint density at radius 1 is 1.52 bits per heavy atom. The fourth-order valence-electron chi connectivity index (χ4n) is 3.05. The van der Waals surface area contributed by atoms with Crippen LogP contribution in [-0.4, -0.2) is 39.6 Å². The van der Waals surface area contributed by atoms with Crippen LogP contribution in [0.3, 0.4) is 0 Å². The molecule has 1 saturated heterocycles. The first-order chi connectivity index (χ1) is 11.0. The lowest BCUT2D eigenvalue weighted by atomic mass is 9.94. The van der Waals surface area contributed by atoms with Crippen LogP contribution in [0.5, 0.6) is 0 Å². The van der Waals surface area contributed by atoms with Crippen molar-refractivity contribution in [2.24, 2.45) is 0 Å². The third-order valence-corrected chi connectivity index (χ3v) is 4.44. The number of carbonyl (C=O) groups excluding carboxylic acids is 1. The van der Waals surface area contributed by atoms with Gasteiger partial charge < -0.3 is 14.4 Å². The molecule has 1 unspecified atom stereocenters. The molecule has 5 nitrogen and oxygen atoms in total. The molecule has 1 aliphatic heterocycles. The van der Waals surface area contributed by atoms with E-state index in [4.69, 9.17) is 16.0 Å². The van der Waals surface area contributed by atoms with E-state index in [9.17, 15) is 9.90 Å². The smallest absolute Gasteiger partial charge is 0.276 e. The van der Waals surface area contributed by atoms with E-state index in [0.717, 1.165) is 5.56 Å². The van der Waals surface area contributed by atoms with Gasteiger partial charge in [-0.15, -0.1) is 0 Å². The molecule has 1 aromatic heterocycles. The number of halogens is 1. The number of aromatic nitrogens is 1. The van der Waals surface area contributed by atoms with Crippen molar-refractivity contribution in [3.63, 3.8) is 0 Å². The average molecular weight is 335 g/mol. The predicted octanol–water partition coefficient (Wildman–Crippen LogP) is 2.71. The molecule has 2 heterocycles. The van der Waals surface area contributed by atoms with Crippen molar-refractivity contribution in [1.29, 1.82) is 0 Å². The zero-order valence-electron chi connectivity index (χ0n) is 13.0. The summed E-state index contributed by atoms with van der Waals surface area (Å²) in [5, 5.41) is 11.4. The SMILES string of the molecule is CCc1ocnc1C(=O)N1CCC(O)(Cc2cccc(Cl)c2)C1. The maximum absolute atomic E-state index is 12.6. The standard InChI is InChI=1S/C17H19ClN2O3/c1-2-14-15(19-11-23-14)16(21)20-7-6-17(22,10-20)9-12-4-3-5-13(18)8-12/h3-5,8,11,22H,2,6-7,9-10H2,1H3. The number of rotatable bonds is 4. The summed E-state index contributed by atoms with van der Waals surface area (Å²) >= 11 is 5.99. The zero-order valence-corrected chi connectivity index (χ0v) is 13.7. The Bertz CT molecular complexity index is 715. The largest absolute Gasteiger partial charge is 0.448 e. The fraction of sp³-hybridized carbons (Fsp3) is 0.412.